The monoisotopic (exact) mass is 302 g/mol. The molecule has 2 bridgehead atoms. The molecular formula is C15H18N4O3. The van der Waals surface area contributed by atoms with Crippen LogP contribution in [0.4, 0.5) is 0 Å². The quantitative estimate of drug-likeness (QED) is 0.726. The van der Waals surface area contributed by atoms with Gasteiger partial charge in [-0.1, -0.05) is 0 Å². The zero-order chi connectivity index (χ0) is 15.2. The van der Waals surface area contributed by atoms with Crippen LogP contribution in [0.2, 0.25) is 0 Å². The topological polar surface area (TPSA) is 71.2 Å². The van der Waals surface area contributed by atoms with Crippen LogP contribution in [0.3, 0.4) is 0 Å². The molecule has 2 aliphatic heterocycles. The van der Waals surface area contributed by atoms with Crippen molar-refractivity contribution in [2.24, 2.45) is 5.92 Å². The lowest BCUT2D eigenvalue weighted by atomic mass is 10.1. The van der Waals surface area contributed by atoms with Crippen LogP contribution >= 0.6 is 0 Å². The Balaban J connectivity index is 1.78. The molecular weight excluding hydrogens is 284 g/mol. The van der Waals surface area contributed by atoms with E-state index in [1.165, 1.54) is 0 Å². The molecule has 2 fully saturated rings. The van der Waals surface area contributed by atoms with E-state index in [0.29, 0.717) is 11.6 Å². The molecule has 1 saturated heterocycles. The fraction of sp³-hybridized carbons (Fsp3) is 0.667. The summed E-state index contributed by atoms with van der Waals surface area (Å²) >= 11 is 0. The van der Waals surface area contributed by atoms with E-state index < -0.39 is 5.79 Å². The van der Waals surface area contributed by atoms with Gasteiger partial charge in [-0.15, -0.1) is 0 Å². The molecule has 0 amide bonds. The van der Waals surface area contributed by atoms with Crippen LogP contribution in [0.5, 0.6) is 0 Å². The summed E-state index contributed by atoms with van der Waals surface area (Å²) in [6, 6.07) is -0.0298. The number of rotatable bonds is 0. The third-order valence-corrected chi connectivity index (χ3v) is 5.16. The minimum atomic E-state index is -0.593. The van der Waals surface area contributed by atoms with E-state index in [1.807, 2.05) is 27.1 Å². The Kier molecular flexibility index (Phi) is 2.19. The first-order chi connectivity index (χ1) is 10.4. The van der Waals surface area contributed by atoms with Gasteiger partial charge in [0.1, 0.15) is 17.3 Å². The van der Waals surface area contributed by atoms with Crippen molar-refractivity contribution in [3.8, 4) is 0 Å². The van der Waals surface area contributed by atoms with Crippen molar-refractivity contribution in [2.45, 2.75) is 57.8 Å². The predicted molar refractivity (Wildman–Crippen MR) is 77.5 cm³/mol. The summed E-state index contributed by atoms with van der Waals surface area (Å²) in [4.78, 5) is 21.2. The summed E-state index contributed by atoms with van der Waals surface area (Å²) in [6.45, 7) is 6.51. The number of ether oxygens (including phenoxy) is 2. The van der Waals surface area contributed by atoms with Crippen LogP contribution in [-0.2, 0) is 16.0 Å². The van der Waals surface area contributed by atoms with Gasteiger partial charge in [0.05, 0.1) is 24.2 Å². The number of aryl methyl sites for hydroxylation is 1. The lowest BCUT2D eigenvalue weighted by molar-refractivity contribution is -0.160. The van der Waals surface area contributed by atoms with Gasteiger partial charge in [-0.3, -0.25) is 4.57 Å². The minimum Gasteiger partial charge on any atom is -0.344 e. The minimum absolute atomic E-state index is 0.0267. The number of imidazole rings is 1. The summed E-state index contributed by atoms with van der Waals surface area (Å²) in [6.07, 6.45) is 2.63. The molecule has 0 radical (unpaired) electrons. The first kappa shape index (κ1) is 12.8. The molecule has 7 heteroatoms. The van der Waals surface area contributed by atoms with Crippen molar-refractivity contribution in [1.82, 2.24) is 19.1 Å². The smallest absolute Gasteiger partial charge is 0.344 e. The Hall–Kier alpha value is -1.73. The highest BCUT2D eigenvalue weighted by Crippen LogP contribution is 2.49. The van der Waals surface area contributed by atoms with Gasteiger partial charge < -0.3 is 14.0 Å². The van der Waals surface area contributed by atoms with Crippen molar-refractivity contribution in [2.75, 3.05) is 0 Å². The van der Waals surface area contributed by atoms with Crippen LogP contribution in [0.25, 0.3) is 11.2 Å². The van der Waals surface area contributed by atoms with Crippen molar-refractivity contribution in [3.05, 3.63) is 22.5 Å². The van der Waals surface area contributed by atoms with Gasteiger partial charge in [-0.2, -0.15) is 4.98 Å². The van der Waals surface area contributed by atoms with Gasteiger partial charge in [0.2, 0.25) is 0 Å². The molecule has 116 valence electrons. The molecule has 22 heavy (non-hydrogen) atoms. The van der Waals surface area contributed by atoms with E-state index in [2.05, 4.69) is 14.5 Å². The highest BCUT2D eigenvalue weighted by Gasteiger charge is 2.56. The molecule has 1 aliphatic carbocycles. The largest absolute Gasteiger partial charge is 0.349 e. The molecule has 2 aromatic rings. The zero-order valence-electron chi connectivity index (χ0n) is 12.8. The second-order valence-corrected chi connectivity index (χ2v) is 7.05. The fourth-order valence-corrected chi connectivity index (χ4v) is 4.40. The van der Waals surface area contributed by atoms with Gasteiger partial charge in [0.25, 0.3) is 0 Å². The number of fused-ring (bicyclic) bond motifs is 6. The summed E-state index contributed by atoms with van der Waals surface area (Å²) in [5.74, 6) is -0.265. The van der Waals surface area contributed by atoms with Gasteiger partial charge >= 0.3 is 5.69 Å². The highest BCUT2D eigenvalue weighted by atomic mass is 16.8. The fourth-order valence-electron chi connectivity index (χ4n) is 4.40. The summed E-state index contributed by atoms with van der Waals surface area (Å²) in [7, 11) is 0. The summed E-state index contributed by atoms with van der Waals surface area (Å²) in [5.41, 5.74) is 2.15. The molecule has 5 rings (SSSR count). The Labute approximate surface area is 126 Å². The Bertz CT molecular complexity index is 852. The van der Waals surface area contributed by atoms with Crippen LogP contribution < -0.4 is 5.69 Å². The normalized spacial score (nSPS) is 34.9. The Morgan fingerprint density at radius 3 is 2.91 bits per heavy atom. The van der Waals surface area contributed by atoms with Gasteiger partial charge in [0.15, 0.2) is 5.79 Å². The number of nitrogens with zero attached hydrogens (tertiary/aromatic N) is 4. The molecule has 1 unspecified atom stereocenters. The molecule has 3 aliphatic rings. The van der Waals surface area contributed by atoms with Crippen molar-refractivity contribution in [1.29, 1.82) is 0 Å². The lowest BCUT2D eigenvalue weighted by Gasteiger charge is -2.23. The third kappa shape index (κ3) is 1.45. The van der Waals surface area contributed by atoms with E-state index in [0.717, 1.165) is 24.1 Å². The lowest BCUT2D eigenvalue weighted by Crippen LogP contribution is -2.36. The first-order valence-electron chi connectivity index (χ1n) is 7.74. The highest BCUT2D eigenvalue weighted by molar-refractivity contribution is 5.74. The van der Waals surface area contributed by atoms with Gasteiger partial charge in [-0.05, 0) is 27.2 Å². The maximum absolute atomic E-state index is 12.6. The first-order valence-corrected chi connectivity index (χ1v) is 7.74. The maximum atomic E-state index is 12.6. The molecule has 0 aromatic carbocycles. The molecule has 4 atom stereocenters. The Morgan fingerprint density at radius 1 is 1.32 bits per heavy atom. The number of hydrogen-bond donors (Lipinski definition) is 0. The van der Waals surface area contributed by atoms with Gasteiger partial charge in [-0.25, -0.2) is 9.78 Å². The van der Waals surface area contributed by atoms with Crippen molar-refractivity contribution in [3.63, 3.8) is 0 Å². The average Bonchev–Trinajstić information content (AvgIpc) is 3.01. The van der Waals surface area contributed by atoms with Crippen LogP contribution in [0.1, 0.15) is 32.0 Å². The zero-order valence-corrected chi connectivity index (χ0v) is 12.8. The SMILES string of the molecule is Cc1nc(=O)n2c3c1ncn3C[C@H]1C[C@@H]2C2OC(C)(C)O[C@H]21. The number of hydrogen-bond acceptors (Lipinski definition) is 5. The molecule has 1 saturated carbocycles. The summed E-state index contributed by atoms with van der Waals surface area (Å²) in [5, 5.41) is 0. The second kappa shape index (κ2) is 3.78. The van der Waals surface area contributed by atoms with Crippen molar-refractivity contribution >= 4 is 11.2 Å². The van der Waals surface area contributed by atoms with E-state index in [4.69, 9.17) is 9.47 Å². The standard InChI is InChI=1S/C15H18N4O3/c1-7-10-13-18(6-16-10)5-8-4-9(19(13)14(20)17-7)12-11(8)21-15(2,3)22-12/h6,8-9,11-12H,4-5H2,1-3H3/t8-,9-,11+,12?/m1/s1. The Morgan fingerprint density at radius 2 is 2.09 bits per heavy atom. The second-order valence-electron chi connectivity index (χ2n) is 7.05. The van der Waals surface area contributed by atoms with Gasteiger partial charge in [0, 0.05) is 12.5 Å². The molecule has 0 N–H and O–H groups in total. The molecule has 4 heterocycles. The molecule has 2 aromatic heterocycles. The van der Waals surface area contributed by atoms with Crippen LogP contribution in [-0.4, -0.2) is 37.1 Å². The summed E-state index contributed by atoms with van der Waals surface area (Å²) < 4.78 is 16.1. The average molecular weight is 302 g/mol. The van der Waals surface area contributed by atoms with Crippen LogP contribution in [0.15, 0.2) is 11.1 Å². The molecule has 7 nitrogen and oxygen atoms in total. The van der Waals surface area contributed by atoms with Crippen molar-refractivity contribution < 1.29 is 9.47 Å². The molecule has 0 spiro atoms. The number of aromatic nitrogens is 4. The van der Waals surface area contributed by atoms with E-state index in [-0.39, 0.29) is 23.9 Å². The van der Waals surface area contributed by atoms with E-state index in [9.17, 15) is 4.79 Å². The van der Waals surface area contributed by atoms with Crippen LogP contribution in [0, 0.1) is 12.8 Å². The predicted octanol–water partition coefficient (Wildman–Crippen LogP) is 0.996. The maximum Gasteiger partial charge on any atom is 0.349 e. The third-order valence-electron chi connectivity index (χ3n) is 5.16. The van der Waals surface area contributed by atoms with E-state index in [1.54, 1.807) is 4.57 Å². The van der Waals surface area contributed by atoms with E-state index >= 15 is 0 Å².